The summed E-state index contributed by atoms with van der Waals surface area (Å²) >= 11 is 17.6. The van der Waals surface area contributed by atoms with E-state index in [0.717, 1.165) is 12.0 Å². The average molecular weight is 224 g/mol. The van der Waals surface area contributed by atoms with Crippen LogP contribution in [0.25, 0.3) is 0 Å². The van der Waals surface area contributed by atoms with E-state index in [1.54, 1.807) is 6.07 Å². The Balaban J connectivity index is 2.96. The van der Waals surface area contributed by atoms with Crippen molar-refractivity contribution in [3.8, 4) is 0 Å². The molecule has 0 fully saturated rings. The molecule has 0 spiro atoms. The van der Waals surface area contributed by atoms with Crippen LogP contribution in [-0.4, -0.2) is 0 Å². The number of halogens is 3. The molecule has 0 N–H and O–H groups in total. The van der Waals surface area contributed by atoms with Gasteiger partial charge in [0, 0.05) is 0 Å². The second-order valence-corrected chi connectivity index (χ2v) is 3.89. The van der Waals surface area contributed by atoms with Gasteiger partial charge in [0.05, 0.1) is 15.4 Å². The van der Waals surface area contributed by atoms with E-state index in [1.807, 2.05) is 19.1 Å². The third kappa shape index (κ3) is 2.29. The normalized spacial score (nSPS) is 13.0. The lowest BCUT2D eigenvalue weighted by Gasteiger charge is -2.07. The zero-order valence-electron chi connectivity index (χ0n) is 6.65. The van der Waals surface area contributed by atoms with Crippen LogP contribution >= 0.6 is 34.8 Å². The predicted molar refractivity (Wildman–Crippen MR) is 55.3 cm³/mol. The number of hydrogen-bond donors (Lipinski definition) is 0. The fourth-order valence-electron chi connectivity index (χ4n) is 0.943. The summed E-state index contributed by atoms with van der Waals surface area (Å²) in [6.07, 6.45) is 0.888. The number of alkyl halides is 1. The number of benzene rings is 1. The average Bonchev–Trinajstić information content (AvgIpc) is 2.08. The molecule has 0 aliphatic carbocycles. The van der Waals surface area contributed by atoms with Crippen molar-refractivity contribution in [3.05, 3.63) is 33.8 Å². The van der Waals surface area contributed by atoms with Crippen molar-refractivity contribution >= 4 is 34.8 Å². The Labute approximate surface area is 87.4 Å². The van der Waals surface area contributed by atoms with E-state index in [2.05, 4.69) is 0 Å². The van der Waals surface area contributed by atoms with Crippen molar-refractivity contribution in [1.29, 1.82) is 0 Å². The molecule has 0 bridgehead atoms. The standard InChI is InChI=1S/C9H9Cl3/c1-2-7(10)6-3-4-8(11)9(12)5-6/h3-5,7H,2H2,1H3. The predicted octanol–water partition coefficient (Wildman–Crippen LogP) is 4.68. The van der Waals surface area contributed by atoms with E-state index >= 15 is 0 Å². The SMILES string of the molecule is CCC(Cl)c1ccc(Cl)c(Cl)c1. The molecule has 3 heteroatoms. The van der Waals surface area contributed by atoms with E-state index in [9.17, 15) is 0 Å². The van der Waals surface area contributed by atoms with Gasteiger partial charge in [0.25, 0.3) is 0 Å². The molecule has 1 rings (SSSR count). The van der Waals surface area contributed by atoms with Crippen molar-refractivity contribution < 1.29 is 0 Å². The van der Waals surface area contributed by atoms with Gasteiger partial charge in [-0.2, -0.15) is 0 Å². The van der Waals surface area contributed by atoms with Gasteiger partial charge in [-0.25, -0.2) is 0 Å². The molecule has 0 amide bonds. The Morgan fingerprint density at radius 2 is 1.92 bits per heavy atom. The van der Waals surface area contributed by atoms with Gasteiger partial charge >= 0.3 is 0 Å². The molecular formula is C9H9Cl3. The minimum atomic E-state index is 0.0276. The summed E-state index contributed by atoms with van der Waals surface area (Å²) in [5, 5.41) is 1.16. The van der Waals surface area contributed by atoms with Gasteiger partial charge in [0.1, 0.15) is 0 Å². The molecule has 0 aliphatic rings. The minimum Gasteiger partial charge on any atom is -0.118 e. The molecule has 1 aromatic carbocycles. The van der Waals surface area contributed by atoms with Gasteiger partial charge in [-0.3, -0.25) is 0 Å². The molecule has 0 saturated heterocycles. The lowest BCUT2D eigenvalue weighted by atomic mass is 10.1. The van der Waals surface area contributed by atoms with E-state index < -0.39 is 0 Å². The zero-order chi connectivity index (χ0) is 9.14. The van der Waals surface area contributed by atoms with E-state index in [1.165, 1.54) is 0 Å². The number of hydrogen-bond acceptors (Lipinski definition) is 0. The molecule has 0 aromatic heterocycles. The molecule has 0 nitrogen and oxygen atoms in total. The Morgan fingerprint density at radius 1 is 1.25 bits per heavy atom. The van der Waals surface area contributed by atoms with Crippen LogP contribution in [0.15, 0.2) is 18.2 Å². The fourth-order valence-corrected chi connectivity index (χ4v) is 1.39. The smallest absolute Gasteiger partial charge is 0.0595 e. The monoisotopic (exact) mass is 222 g/mol. The largest absolute Gasteiger partial charge is 0.118 e. The lowest BCUT2D eigenvalue weighted by molar-refractivity contribution is 0.884. The third-order valence-electron chi connectivity index (χ3n) is 1.66. The summed E-state index contributed by atoms with van der Waals surface area (Å²) < 4.78 is 0. The lowest BCUT2D eigenvalue weighted by Crippen LogP contribution is -1.87. The van der Waals surface area contributed by atoms with Gasteiger partial charge in [-0.05, 0) is 24.1 Å². The summed E-state index contributed by atoms with van der Waals surface area (Å²) in [4.78, 5) is 0. The Kier molecular flexibility index (Phi) is 3.70. The second kappa shape index (κ2) is 4.36. The first-order valence-electron chi connectivity index (χ1n) is 3.74. The van der Waals surface area contributed by atoms with Crippen LogP contribution in [0.4, 0.5) is 0 Å². The zero-order valence-corrected chi connectivity index (χ0v) is 8.92. The van der Waals surface area contributed by atoms with Crippen molar-refractivity contribution in [3.63, 3.8) is 0 Å². The molecule has 0 saturated carbocycles. The third-order valence-corrected chi connectivity index (χ3v) is 2.96. The van der Waals surface area contributed by atoms with Crippen molar-refractivity contribution in [2.75, 3.05) is 0 Å². The minimum absolute atomic E-state index is 0.0276. The Bertz CT molecular complexity index is 270. The first-order chi connectivity index (χ1) is 5.65. The van der Waals surface area contributed by atoms with Crippen LogP contribution in [0.3, 0.4) is 0 Å². The van der Waals surface area contributed by atoms with Crippen LogP contribution in [0.1, 0.15) is 24.3 Å². The molecule has 12 heavy (non-hydrogen) atoms. The topological polar surface area (TPSA) is 0 Å². The highest BCUT2D eigenvalue weighted by Crippen LogP contribution is 2.29. The van der Waals surface area contributed by atoms with Gasteiger partial charge in [0.15, 0.2) is 0 Å². The quantitative estimate of drug-likeness (QED) is 0.639. The summed E-state index contributed by atoms with van der Waals surface area (Å²) in [5.41, 5.74) is 1.02. The summed E-state index contributed by atoms with van der Waals surface area (Å²) in [6.45, 7) is 2.03. The van der Waals surface area contributed by atoms with Crippen LogP contribution in [0.5, 0.6) is 0 Å². The summed E-state index contributed by atoms with van der Waals surface area (Å²) in [6, 6.07) is 5.48. The molecule has 1 unspecified atom stereocenters. The number of rotatable bonds is 2. The van der Waals surface area contributed by atoms with Crippen LogP contribution < -0.4 is 0 Å². The molecule has 1 atom stereocenters. The van der Waals surface area contributed by atoms with Crippen LogP contribution in [0.2, 0.25) is 10.0 Å². The molecule has 66 valence electrons. The Morgan fingerprint density at radius 3 is 2.42 bits per heavy atom. The highest BCUT2D eigenvalue weighted by Gasteiger charge is 2.06. The van der Waals surface area contributed by atoms with E-state index in [0.29, 0.717) is 10.0 Å². The van der Waals surface area contributed by atoms with Gasteiger partial charge in [-0.1, -0.05) is 36.2 Å². The Hall–Kier alpha value is 0.0900. The first kappa shape index (κ1) is 10.2. The fraction of sp³-hybridized carbons (Fsp3) is 0.333. The van der Waals surface area contributed by atoms with Gasteiger partial charge in [0.2, 0.25) is 0 Å². The van der Waals surface area contributed by atoms with Gasteiger partial charge in [-0.15, -0.1) is 11.6 Å². The van der Waals surface area contributed by atoms with Crippen molar-refractivity contribution in [1.82, 2.24) is 0 Å². The maximum Gasteiger partial charge on any atom is 0.0595 e. The van der Waals surface area contributed by atoms with Crippen molar-refractivity contribution in [2.24, 2.45) is 0 Å². The van der Waals surface area contributed by atoms with Crippen LogP contribution in [-0.2, 0) is 0 Å². The van der Waals surface area contributed by atoms with Crippen molar-refractivity contribution in [2.45, 2.75) is 18.7 Å². The maximum absolute atomic E-state index is 6.01. The molecule has 0 heterocycles. The molecule has 0 aliphatic heterocycles. The highest BCUT2D eigenvalue weighted by molar-refractivity contribution is 6.42. The highest BCUT2D eigenvalue weighted by atomic mass is 35.5. The van der Waals surface area contributed by atoms with E-state index in [-0.39, 0.29) is 5.38 Å². The molecular weight excluding hydrogens is 214 g/mol. The maximum atomic E-state index is 6.01. The second-order valence-electron chi connectivity index (χ2n) is 2.55. The van der Waals surface area contributed by atoms with Crippen LogP contribution in [0, 0.1) is 0 Å². The molecule has 1 aromatic rings. The first-order valence-corrected chi connectivity index (χ1v) is 4.93. The van der Waals surface area contributed by atoms with E-state index in [4.69, 9.17) is 34.8 Å². The summed E-state index contributed by atoms with van der Waals surface area (Å²) in [5.74, 6) is 0. The molecule has 0 radical (unpaired) electrons. The van der Waals surface area contributed by atoms with Gasteiger partial charge < -0.3 is 0 Å². The summed E-state index contributed by atoms with van der Waals surface area (Å²) in [7, 11) is 0.